The van der Waals surface area contributed by atoms with E-state index in [2.05, 4.69) is 27.7 Å². The SMILES string of the molecule is C[C@@H]1CC[C@H](C)C(C)(C)C1=O. The van der Waals surface area contributed by atoms with Crippen LogP contribution in [0.25, 0.3) is 0 Å². The number of hydrogen-bond acceptors (Lipinski definition) is 1. The molecule has 1 nitrogen and oxygen atoms in total. The molecule has 1 aliphatic rings. The molecule has 0 N–H and O–H groups in total. The van der Waals surface area contributed by atoms with Crippen LogP contribution in [0, 0.1) is 17.3 Å². The first-order valence-electron chi connectivity index (χ1n) is 4.50. The Hall–Kier alpha value is -0.330. The maximum Gasteiger partial charge on any atom is 0.141 e. The summed E-state index contributed by atoms with van der Waals surface area (Å²) in [5, 5.41) is 0. The van der Waals surface area contributed by atoms with E-state index in [1.54, 1.807) is 0 Å². The Morgan fingerprint density at radius 3 is 2.27 bits per heavy atom. The van der Waals surface area contributed by atoms with Crippen LogP contribution in [0.4, 0.5) is 0 Å². The molecule has 1 heteroatoms. The maximum absolute atomic E-state index is 11.7. The van der Waals surface area contributed by atoms with Crippen LogP contribution >= 0.6 is 0 Å². The highest BCUT2D eigenvalue weighted by molar-refractivity contribution is 5.87. The normalized spacial score (nSPS) is 37.3. The van der Waals surface area contributed by atoms with Gasteiger partial charge in [-0.1, -0.05) is 27.7 Å². The van der Waals surface area contributed by atoms with Crippen molar-refractivity contribution in [1.82, 2.24) is 0 Å². The molecular formula is C10H18O. The van der Waals surface area contributed by atoms with Crippen LogP contribution in [0.1, 0.15) is 40.5 Å². The fourth-order valence-electron chi connectivity index (χ4n) is 1.87. The molecule has 1 aliphatic carbocycles. The zero-order valence-electron chi connectivity index (χ0n) is 7.98. The average molecular weight is 154 g/mol. The molecule has 1 rings (SSSR count). The second-order valence-corrected chi connectivity index (χ2v) is 4.47. The largest absolute Gasteiger partial charge is 0.299 e. The van der Waals surface area contributed by atoms with Crippen molar-refractivity contribution in [2.24, 2.45) is 17.3 Å². The summed E-state index contributed by atoms with van der Waals surface area (Å²) < 4.78 is 0. The van der Waals surface area contributed by atoms with Crippen molar-refractivity contribution in [1.29, 1.82) is 0 Å². The Labute approximate surface area is 69.2 Å². The van der Waals surface area contributed by atoms with Crippen molar-refractivity contribution in [3.8, 4) is 0 Å². The Morgan fingerprint density at radius 2 is 1.82 bits per heavy atom. The minimum absolute atomic E-state index is 0.0718. The van der Waals surface area contributed by atoms with E-state index in [4.69, 9.17) is 0 Å². The van der Waals surface area contributed by atoms with Gasteiger partial charge in [-0.05, 0) is 18.8 Å². The molecule has 0 saturated heterocycles. The number of hydrogen-bond donors (Lipinski definition) is 0. The summed E-state index contributed by atoms with van der Waals surface area (Å²) in [7, 11) is 0. The Balaban J connectivity index is 2.81. The minimum Gasteiger partial charge on any atom is -0.299 e. The van der Waals surface area contributed by atoms with E-state index in [1.165, 1.54) is 6.42 Å². The molecule has 0 aliphatic heterocycles. The van der Waals surface area contributed by atoms with Crippen molar-refractivity contribution < 1.29 is 4.79 Å². The van der Waals surface area contributed by atoms with Gasteiger partial charge in [0.05, 0.1) is 0 Å². The van der Waals surface area contributed by atoms with Gasteiger partial charge in [-0.15, -0.1) is 0 Å². The molecule has 0 amide bonds. The van der Waals surface area contributed by atoms with Crippen LogP contribution in [0.5, 0.6) is 0 Å². The third-order valence-corrected chi connectivity index (χ3v) is 3.35. The van der Waals surface area contributed by atoms with Crippen LogP contribution in [0.15, 0.2) is 0 Å². The quantitative estimate of drug-likeness (QED) is 0.524. The summed E-state index contributed by atoms with van der Waals surface area (Å²) in [6.45, 7) is 8.39. The van der Waals surface area contributed by atoms with Crippen LogP contribution in [-0.2, 0) is 4.79 Å². The third kappa shape index (κ3) is 1.33. The molecule has 0 aromatic rings. The lowest BCUT2D eigenvalue weighted by Gasteiger charge is -2.37. The Kier molecular flexibility index (Phi) is 2.08. The van der Waals surface area contributed by atoms with E-state index < -0.39 is 0 Å². The first-order valence-corrected chi connectivity index (χ1v) is 4.50. The molecule has 1 saturated carbocycles. The van der Waals surface area contributed by atoms with Crippen molar-refractivity contribution in [3.05, 3.63) is 0 Å². The topological polar surface area (TPSA) is 17.1 Å². The molecule has 0 radical (unpaired) electrons. The molecule has 0 aromatic heterocycles. The van der Waals surface area contributed by atoms with Crippen molar-refractivity contribution in [3.63, 3.8) is 0 Å². The van der Waals surface area contributed by atoms with Crippen molar-refractivity contribution in [2.75, 3.05) is 0 Å². The molecular weight excluding hydrogens is 136 g/mol. The number of carbonyl (C=O) groups is 1. The van der Waals surface area contributed by atoms with E-state index in [9.17, 15) is 4.79 Å². The van der Waals surface area contributed by atoms with E-state index in [1.807, 2.05) is 0 Å². The highest BCUT2D eigenvalue weighted by Gasteiger charge is 2.39. The van der Waals surface area contributed by atoms with E-state index >= 15 is 0 Å². The summed E-state index contributed by atoms with van der Waals surface area (Å²) in [6.07, 6.45) is 2.29. The van der Waals surface area contributed by atoms with Gasteiger partial charge in [-0.2, -0.15) is 0 Å². The smallest absolute Gasteiger partial charge is 0.141 e. The van der Waals surface area contributed by atoms with Crippen LogP contribution in [-0.4, -0.2) is 5.78 Å². The van der Waals surface area contributed by atoms with Crippen molar-refractivity contribution in [2.45, 2.75) is 40.5 Å². The monoisotopic (exact) mass is 154 g/mol. The fourth-order valence-corrected chi connectivity index (χ4v) is 1.87. The van der Waals surface area contributed by atoms with Gasteiger partial charge in [-0.25, -0.2) is 0 Å². The molecule has 1 fully saturated rings. The lowest BCUT2D eigenvalue weighted by atomic mass is 9.65. The highest BCUT2D eigenvalue weighted by Crippen LogP contribution is 2.39. The second kappa shape index (κ2) is 2.62. The van der Waals surface area contributed by atoms with E-state index in [0.29, 0.717) is 17.6 Å². The molecule has 2 atom stereocenters. The fraction of sp³-hybridized carbons (Fsp3) is 0.900. The van der Waals surface area contributed by atoms with Gasteiger partial charge >= 0.3 is 0 Å². The molecule has 64 valence electrons. The number of ketones is 1. The summed E-state index contributed by atoms with van der Waals surface area (Å²) in [4.78, 5) is 11.7. The van der Waals surface area contributed by atoms with Gasteiger partial charge in [0, 0.05) is 11.3 Å². The van der Waals surface area contributed by atoms with Crippen LogP contribution < -0.4 is 0 Å². The minimum atomic E-state index is -0.0718. The Morgan fingerprint density at radius 1 is 1.27 bits per heavy atom. The first kappa shape index (κ1) is 8.76. The summed E-state index contributed by atoms with van der Waals surface area (Å²) in [5.41, 5.74) is -0.0718. The van der Waals surface area contributed by atoms with Crippen LogP contribution in [0.3, 0.4) is 0 Å². The zero-order valence-corrected chi connectivity index (χ0v) is 7.98. The van der Waals surface area contributed by atoms with Gasteiger partial charge in [0.25, 0.3) is 0 Å². The van der Waals surface area contributed by atoms with Gasteiger partial charge in [0.1, 0.15) is 5.78 Å². The number of carbonyl (C=O) groups excluding carboxylic acids is 1. The first-order chi connectivity index (χ1) is 4.96. The highest BCUT2D eigenvalue weighted by atomic mass is 16.1. The predicted octanol–water partition coefficient (Wildman–Crippen LogP) is 2.65. The average Bonchev–Trinajstić information content (AvgIpc) is 1.95. The summed E-state index contributed by atoms with van der Waals surface area (Å²) in [6, 6.07) is 0. The Bertz CT molecular complexity index is 170. The third-order valence-electron chi connectivity index (χ3n) is 3.35. The van der Waals surface area contributed by atoms with Crippen molar-refractivity contribution >= 4 is 5.78 Å². The second-order valence-electron chi connectivity index (χ2n) is 4.47. The summed E-state index contributed by atoms with van der Waals surface area (Å²) in [5.74, 6) is 1.31. The number of rotatable bonds is 0. The molecule has 0 spiro atoms. The molecule has 11 heavy (non-hydrogen) atoms. The van der Waals surface area contributed by atoms with Gasteiger partial charge < -0.3 is 0 Å². The molecule has 0 aromatic carbocycles. The molecule has 0 unspecified atom stereocenters. The van der Waals surface area contributed by atoms with E-state index in [-0.39, 0.29) is 5.41 Å². The molecule has 0 heterocycles. The van der Waals surface area contributed by atoms with E-state index in [0.717, 1.165) is 6.42 Å². The zero-order chi connectivity index (χ0) is 8.65. The predicted molar refractivity (Wildman–Crippen MR) is 46.4 cm³/mol. The van der Waals surface area contributed by atoms with Gasteiger partial charge in [-0.3, -0.25) is 4.79 Å². The lowest BCUT2D eigenvalue weighted by molar-refractivity contribution is -0.136. The molecule has 0 bridgehead atoms. The van der Waals surface area contributed by atoms with Gasteiger partial charge in [0.15, 0.2) is 0 Å². The number of Topliss-reactive ketones (excluding diaryl/α,β-unsaturated/α-hetero) is 1. The van der Waals surface area contributed by atoms with Gasteiger partial charge in [0.2, 0.25) is 0 Å². The van der Waals surface area contributed by atoms with Crippen LogP contribution in [0.2, 0.25) is 0 Å². The maximum atomic E-state index is 11.7. The standard InChI is InChI=1S/C10H18O/c1-7-5-6-8(2)10(3,4)9(7)11/h7-8H,5-6H2,1-4H3/t7-,8+/m1/s1. The lowest BCUT2D eigenvalue weighted by Crippen LogP contribution is -2.39. The summed E-state index contributed by atoms with van der Waals surface area (Å²) >= 11 is 0.